The average molecular weight is 305 g/mol. The summed E-state index contributed by atoms with van der Waals surface area (Å²) in [6, 6.07) is 0. The third kappa shape index (κ3) is 4.98. The quantitative estimate of drug-likeness (QED) is 0.726. The third-order valence-corrected chi connectivity index (χ3v) is 5.91. The summed E-state index contributed by atoms with van der Waals surface area (Å²) in [4.78, 5) is 2.42. The summed E-state index contributed by atoms with van der Waals surface area (Å²) in [5, 5.41) is 3.48. The van der Waals surface area contributed by atoms with Crippen LogP contribution in [0.4, 0.5) is 0 Å². The van der Waals surface area contributed by atoms with Crippen LogP contribution in [0.25, 0.3) is 0 Å². The molecule has 6 heteroatoms. The first-order chi connectivity index (χ1) is 9.37. The van der Waals surface area contributed by atoms with Crippen molar-refractivity contribution in [2.45, 2.75) is 33.6 Å². The molecule has 0 radical (unpaired) electrons. The van der Waals surface area contributed by atoms with Gasteiger partial charge in [0.1, 0.15) is 0 Å². The van der Waals surface area contributed by atoms with E-state index < -0.39 is 10.0 Å². The summed E-state index contributed by atoms with van der Waals surface area (Å²) in [7, 11) is -3.02. The van der Waals surface area contributed by atoms with Gasteiger partial charge in [0, 0.05) is 39.3 Å². The fourth-order valence-electron chi connectivity index (χ4n) is 2.86. The van der Waals surface area contributed by atoms with Crippen LogP contribution in [-0.4, -0.2) is 69.7 Å². The number of hydrogen-bond donors (Lipinski definition) is 1. The van der Waals surface area contributed by atoms with Crippen molar-refractivity contribution in [3.05, 3.63) is 0 Å². The van der Waals surface area contributed by atoms with Gasteiger partial charge in [0.25, 0.3) is 0 Å². The van der Waals surface area contributed by atoms with Gasteiger partial charge in [-0.2, -0.15) is 4.31 Å². The Labute approximate surface area is 124 Å². The second kappa shape index (κ2) is 7.73. The Morgan fingerprint density at radius 3 is 2.00 bits per heavy atom. The molecule has 1 aliphatic rings. The fraction of sp³-hybridized carbons (Fsp3) is 1.00. The van der Waals surface area contributed by atoms with Gasteiger partial charge in [-0.25, -0.2) is 8.42 Å². The summed E-state index contributed by atoms with van der Waals surface area (Å²) in [6.07, 6.45) is 3.61. The fourth-order valence-corrected chi connectivity index (χ4v) is 3.69. The average Bonchev–Trinajstić information content (AvgIpc) is 2.43. The molecule has 0 aromatic heterocycles. The van der Waals surface area contributed by atoms with Gasteiger partial charge >= 0.3 is 0 Å². The first kappa shape index (κ1) is 17.9. The summed E-state index contributed by atoms with van der Waals surface area (Å²) in [5.41, 5.74) is 0.309. The second-order valence-electron chi connectivity index (χ2n) is 5.93. The Kier molecular flexibility index (Phi) is 6.91. The van der Waals surface area contributed by atoms with E-state index in [1.807, 2.05) is 0 Å². The van der Waals surface area contributed by atoms with Crippen LogP contribution >= 0.6 is 0 Å². The maximum atomic E-state index is 11.5. The highest BCUT2D eigenvalue weighted by atomic mass is 32.2. The number of rotatable bonds is 8. The van der Waals surface area contributed by atoms with Crippen molar-refractivity contribution in [3.8, 4) is 0 Å². The van der Waals surface area contributed by atoms with Crippen LogP contribution in [0.3, 0.4) is 0 Å². The molecule has 0 aromatic rings. The molecule has 1 fully saturated rings. The zero-order valence-electron chi connectivity index (χ0n) is 13.5. The predicted octanol–water partition coefficient (Wildman–Crippen LogP) is 0.980. The first-order valence-electron chi connectivity index (χ1n) is 7.75. The van der Waals surface area contributed by atoms with Crippen LogP contribution in [0, 0.1) is 5.41 Å². The van der Waals surface area contributed by atoms with E-state index in [0.29, 0.717) is 18.5 Å². The van der Waals surface area contributed by atoms with E-state index in [0.717, 1.165) is 45.6 Å². The molecular weight excluding hydrogens is 274 g/mol. The molecule has 1 aliphatic heterocycles. The molecule has 0 amide bonds. The Balaban J connectivity index is 2.55. The van der Waals surface area contributed by atoms with Crippen molar-refractivity contribution < 1.29 is 8.42 Å². The van der Waals surface area contributed by atoms with Gasteiger partial charge in [-0.3, -0.25) is 0 Å². The van der Waals surface area contributed by atoms with Crippen LogP contribution in [0.2, 0.25) is 0 Å². The highest BCUT2D eigenvalue weighted by Gasteiger charge is 2.31. The second-order valence-corrected chi connectivity index (χ2v) is 7.91. The van der Waals surface area contributed by atoms with Crippen molar-refractivity contribution in [1.29, 1.82) is 0 Å². The smallest absolute Gasteiger partial charge is 0.211 e. The lowest BCUT2D eigenvalue weighted by Gasteiger charge is -2.41. The molecule has 1 N–H and O–H groups in total. The van der Waals surface area contributed by atoms with Crippen molar-refractivity contribution >= 4 is 10.0 Å². The summed E-state index contributed by atoms with van der Waals surface area (Å²) < 4.78 is 24.6. The van der Waals surface area contributed by atoms with E-state index in [1.54, 1.807) is 4.31 Å². The largest absolute Gasteiger partial charge is 0.316 e. The Morgan fingerprint density at radius 1 is 1.05 bits per heavy atom. The van der Waals surface area contributed by atoms with Crippen LogP contribution < -0.4 is 5.32 Å². The Hall–Kier alpha value is -0.170. The van der Waals surface area contributed by atoms with Crippen molar-refractivity contribution in [1.82, 2.24) is 14.5 Å². The molecule has 0 aliphatic carbocycles. The van der Waals surface area contributed by atoms with E-state index in [4.69, 9.17) is 0 Å². The normalized spacial score (nSPS) is 19.4. The van der Waals surface area contributed by atoms with Gasteiger partial charge in [0.15, 0.2) is 0 Å². The van der Waals surface area contributed by atoms with E-state index in [1.165, 1.54) is 6.26 Å². The molecule has 0 spiro atoms. The molecule has 1 saturated heterocycles. The monoisotopic (exact) mass is 305 g/mol. The molecule has 0 saturated carbocycles. The van der Waals surface area contributed by atoms with Gasteiger partial charge in [0.2, 0.25) is 10.0 Å². The molecule has 1 heterocycles. The maximum Gasteiger partial charge on any atom is 0.211 e. The minimum Gasteiger partial charge on any atom is -0.316 e. The molecule has 0 unspecified atom stereocenters. The molecule has 0 atom stereocenters. The van der Waals surface area contributed by atoms with Crippen LogP contribution in [0.1, 0.15) is 33.6 Å². The number of piperazine rings is 1. The Morgan fingerprint density at radius 2 is 1.60 bits per heavy atom. The number of nitrogens with zero attached hydrogens (tertiary/aromatic N) is 2. The highest BCUT2D eigenvalue weighted by Crippen LogP contribution is 2.27. The van der Waals surface area contributed by atoms with Gasteiger partial charge < -0.3 is 10.2 Å². The highest BCUT2D eigenvalue weighted by molar-refractivity contribution is 7.88. The summed E-state index contributed by atoms with van der Waals surface area (Å²) in [5.74, 6) is 0. The zero-order valence-corrected chi connectivity index (χ0v) is 14.3. The first-order valence-corrected chi connectivity index (χ1v) is 9.60. The van der Waals surface area contributed by atoms with Crippen LogP contribution in [-0.2, 0) is 10.0 Å². The van der Waals surface area contributed by atoms with Crippen LogP contribution in [0.15, 0.2) is 0 Å². The Bertz CT molecular complexity index is 372. The lowest BCUT2D eigenvalue weighted by atomic mass is 9.81. The minimum absolute atomic E-state index is 0.309. The van der Waals surface area contributed by atoms with Crippen LogP contribution in [0.5, 0.6) is 0 Å². The number of hydrogen-bond acceptors (Lipinski definition) is 4. The van der Waals surface area contributed by atoms with E-state index >= 15 is 0 Å². The topological polar surface area (TPSA) is 52.6 Å². The standard InChI is InChI=1S/C14H31N3O2S/c1-5-14(6-2,12-15-7-3)13-16-8-10-17(11-9-16)20(4,18)19/h15H,5-13H2,1-4H3. The van der Waals surface area contributed by atoms with E-state index in [-0.39, 0.29) is 0 Å². The van der Waals surface area contributed by atoms with Crippen molar-refractivity contribution in [3.63, 3.8) is 0 Å². The zero-order chi connectivity index (χ0) is 15.2. The molecule has 120 valence electrons. The van der Waals surface area contributed by atoms with E-state index in [2.05, 4.69) is 31.0 Å². The predicted molar refractivity (Wildman–Crippen MR) is 84.4 cm³/mol. The lowest BCUT2D eigenvalue weighted by molar-refractivity contribution is 0.104. The van der Waals surface area contributed by atoms with E-state index in [9.17, 15) is 8.42 Å². The molecule has 1 rings (SSSR count). The minimum atomic E-state index is -3.02. The van der Waals surface area contributed by atoms with Gasteiger partial charge in [-0.15, -0.1) is 0 Å². The molecule has 20 heavy (non-hydrogen) atoms. The molecular formula is C14H31N3O2S. The molecule has 0 bridgehead atoms. The van der Waals surface area contributed by atoms with Crippen molar-refractivity contribution in [2.75, 3.05) is 52.1 Å². The SMILES string of the molecule is CCNCC(CC)(CC)CN1CCN(S(C)(=O)=O)CC1. The number of sulfonamides is 1. The lowest BCUT2D eigenvalue weighted by Crippen LogP contribution is -2.52. The van der Waals surface area contributed by atoms with Gasteiger partial charge in [0.05, 0.1) is 6.26 Å². The van der Waals surface area contributed by atoms with Crippen molar-refractivity contribution in [2.24, 2.45) is 5.41 Å². The van der Waals surface area contributed by atoms with Gasteiger partial charge in [-0.05, 0) is 24.8 Å². The maximum absolute atomic E-state index is 11.5. The summed E-state index contributed by atoms with van der Waals surface area (Å²) in [6.45, 7) is 12.7. The molecule has 0 aromatic carbocycles. The molecule has 5 nitrogen and oxygen atoms in total. The number of nitrogens with one attached hydrogen (secondary N) is 1. The third-order valence-electron chi connectivity index (χ3n) is 4.61. The summed E-state index contributed by atoms with van der Waals surface area (Å²) >= 11 is 0. The van der Waals surface area contributed by atoms with Gasteiger partial charge in [-0.1, -0.05) is 20.8 Å².